The summed E-state index contributed by atoms with van der Waals surface area (Å²) in [5.41, 5.74) is 10.3. The lowest BCUT2D eigenvalue weighted by Gasteiger charge is -2.12. The first-order valence-electron chi connectivity index (χ1n) is 14.7. The van der Waals surface area contributed by atoms with Gasteiger partial charge in [0.25, 0.3) is 0 Å². The molecular weight excluding hydrogens is 538 g/mol. The van der Waals surface area contributed by atoms with E-state index in [1.807, 2.05) is 36.7 Å². The van der Waals surface area contributed by atoms with E-state index in [0.717, 1.165) is 77.8 Å². The Balaban J connectivity index is 1.43. The van der Waals surface area contributed by atoms with Crippen molar-refractivity contribution >= 4 is 43.9 Å². The molecule has 5 heterocycles. The van der Waals surface area contributed by atoms with Crippen molar-refractivity contribution in [3.8, 4) is 33.9 Å². The van der Waals surface area contributed by atoms with E-state index >= 15 is 0 Å². The summed E-state index contributed by atoms with van der Waals surface area (Å²) in [6.45, 7) is 0. The first kappa shape index (κ1) is 24.5. The monoisotopic (exact) mass is 563 g/mol. The van der Waals surface area contributed by atoms with Gasteiger partial charge in [-0.25, -0.2) is 9.97 Å². The van der Waals surface area contributed by atoms with Crippen molar-refractivity contribution in [2.75, 3.05) is 0 Å². The summed E-state index contributed by atoms with van der Waals surface area (Å²) in [4.78, 5) is 15.3. The van der Waals surface area contributed by atoms with Gasteiger partial charge in [0.05, 0.1) is 33.1 Å². The predicted octanol–water partition coefficient (Wildman–Crippen LogP) is 9.40. The Morgan fingerprint density at radius 3 is 1.98 bits per heavy atom. The zero-order chi connectivity index (χ0) is 29.0. The molecule has 0 atom stereocenters. The molecule has 0 amide bonds. The fraction of sp³-hybridized carbons (Fsp3) is 0. The molecule has 0 saturated heterocycles. The molecule has 206 valence electrons. The molecule has 0 aliphatic heterocycles. The van der Waals surface area contributed by atoms with Crippen LogP contribution in [0.25, 0.3) is 77.8 Å². The largest absolute Gasteiger partial charge is 0.307 e. The quantitative estimate of drug-likeness (QED) is 0.214. The maximum atomic E-state index is 5.28. The summed E-state index contributed by atoms with van der Waals surface area (Å²) < 4.78 is 4.53. The van der Waals surface area contributed by atoms with Crippen molar-refractivity contribution < 1.29 is 0 Å². The molecule has 5 nitrogen and oxygen atoms in total. The summed E-state index contributed by atoms with van der Waals surface area (Å²) in [7, 11) is 0. The van der Waals surface area contributed by atoms with Crippen molar-refractivity contribution in [2.45, 2.75) is 0 Å². The Kier molecular flexibility index (Phi) is 5.43. The summed E-state index contributed by atoms with van der Waals surface area (Å²) in [6.07, 6.45) is 3.83. The van der Waals surface area contributed by atoms with Crippen LogP contribution in [0.5, 0.6) is 0 Å². The minimum atomic E-state index is 0.823. The van der Waals surface area contributed by atoms with Crippen molar-refractivity contribution in [1.82, 2.24) is 24.1 Å². The van der Waals surface area contributed by atoms with Gasteiger partial charge in [-0.1, -0.05) is 97.1 Å². The Bertz CT molecular complexity index is 2420. The highest BCUT2D eigenvalue weighted by atomic mass is 15.1. The van der Waals surface area contributed by atoms with E-state index in [-0.39, 0.29) is 0 Å². The molecule has 0 aliphatic rings. The molecule has 0 radical (unpaired) electrons. The molecule has 9 aromatic rings. The van der Waals surface area contributed by atoms with Gasteiger partial charge in [0.15, 0.2) is 0 Å². The van der Waals surface area contributed by atoms with Crippen LogP contribution in [0.15, 0.2) is 152 Å². The molecule has 0 aliphatic carbocycles. The predicted molar refractivity (Wildman–Crippen MR) is 179 cm³/mol. The van der Waals surface area contributed by atoms with Gasteiger partial charge in [0, 0.05) is 34.4 Å². The molecule has 4 aromatic carbocycles. The fourth-order valence-electron chi connectivity index (χ4n) is 6.48. The first-order valence-corrected chi connectivity index (χ1v) is 14.7. The third kappa shape index (κ3) is 3.69. The maximum absolute atomic E-state index is 5.28. The Labute approximate surface area is 253 Å². The summed E-state index contributed by atoms with van der Waals surface area (Å²) in [6, 6.07) is 48.4. The number of nitrogens with zero attached hydrogens (tertiary/aromatic N) is 5. The molecule has 0 fully saturated rings. The number of aromatic nitrogens is 5. The second kappa shape index (κ2) is 9.75. The van der Waals surface area contributed by atoms with Crippen molar-refractivity contribution in [3.05, 3.63) is 152 Å². The molecule has 5 heteroatoms. The number of pyridine rings is 3. The molecule has 5 aromatic heterocycles. The number of para-hydroxylation sites is 2. The normalized spacial score (nSPS) is 11.6. The van der Waals surface area contributed by atoms with E-state index in [9.17, 15) is 0 Å². The highest BCUT2D eigenvalue weighted by molar-refractivity contribution is 6.24. The van der Waals surface area contributed by atoms with Crippen LogP contribution in [0.2, 0.25) is 0 Å². The van der Waals surface area contributed by atoms with E-state index in [1.165, 1.54) is 0 Å². The SMILES string of the molecule is c1ccc(-c2cc(-c3ccccc3)nc(-n3c4ccccc4c4c3ncc3c5ncccc5n(-c5ccccc5)c34)c2)cc1. The number of rotatable bonds is 4. The molecule has 9 rings (SSSR count). The van der Waals surface area contributed by atoms with Crippen LogP contribution < -0.4 is 0 Å². The minimum absolute atomic E-state index is 0.823. The highest BCUT2D eigenvalue weighted by Gasteiger charge is 2.23. The lowest BCUT2D eigenvalue weighted by Crippen LogP contribution is -2.01. The van der Waals surface area contributed by atoms with Crippen LogP contribution in [0.1, 0.15) is 0 Å². The summed E-state index contributed by atoms with van der Waals surface area (Å²) >= 11 is 0. The third-order valence-electron chi connectivity index (χ3n) is 8.40. The minimum Gasteiger partial charge on any atom is -0.307 e. The number of fused-ring (bicyclic) bond motifs is 7. The number of hydrogen-bond acceptors (Lipinski definition) is 3. The van der Waals surface area contributed by atoms with Crippen LogP contribution in [0.3, 0.4) is 0 Å². The van der Waals surface area contributed by atoms with Crippen molar-refractivity contribution in [2.24, 2.45) is 0 Å². The van der Waals surface area contributed by atoms with Crippen LogP contribution in [0, 0.1) is 0 Å². The van der Waals surface area contributed by atoms with Gasteiger partial charge in [0.2, 0.25) is 0 Å². The lowest BCUT2D eigenvalue weighted by molar-refractivity contribution is 1.06. The molecule has 0 bridgehead atoms. The Morgan fingerprint density at radius 1 is 0.500 bits per heavy atom. The van der Waals surface area contributed by atoms with Crippen molar-refractivity contribution in [3.63, 3.8) is 0 Å². The first-order chi connectivity index (χ1) is 21.8. The van der Waals surface area contributed by atoms with Crippen LogP contribution in [0.4, 0.5) is 0 Å². The van der Waals surface area contributed by atoms with Gasteiger partial charge in [-0.3, -0.25) is 9.55 Å². The molecule has 0 spiro atoms. The van der Waals surface area contributed by atoms with Gasteiger partial charge in [-0.2, -0.15) is 0 Å². The van der Waals surface area contributed by atoms with Crippen LogP contribution in [-0.2, 0) is 0 Å². The second-order valence-electron chi connectivity index (χ2n) is 10.9. The molecule has 0 saturated carbocycles. The van der Waals surface area contributed by atoms with E-state index in [2.05, 4.69) is 124 Å². The molecule has 0 N–H and O–H groups in total. The fourth-order valence-corrected chi connectivity index (χ4v) is 6.48. The van der Waals surface area contributed by atoms with Gasteiger partial charge >= 0.3 is 0 Å². The molecule has 0 unspecified atom stereocenters. The highest BCUT2D eigenvalue weighted by Crippen LogP contribution is 2.40. The maximum Gasteiger partial charge on any atom is 0.148 e. The zero-order valence-corrected chi connectivity index (χ0v) is 23.7. The summed E-state index contributed by atoms with van der Waals surface area (Å²) in [5, 5.41) is 3.22. The van der Waals surface area contributed by atoms with Gasteiger partial charge in [-0.15, -0.1) is 0 Å². The Hall–Kier alpha value is -6.07. The average molecular weight is 564 g/mol. The van der Waals surface area contributed by atoms with Crippen LogP contribution >= 0.6 is 0 Å². The molecule has 44 heavy (non-hydrogen) atoms. The average Bonchev–Trinajstić information content (AvgIpc) is 3.62. The van der Waals surface area contributed by atoms with Gasteiger partial charge in [-0.05, 0) is 53.6 Å². The zero-order valence-electron chi connectivity index (χ0n) is 23.7. The van der Waals surface area contributed by atoms with Gasteiger partial charge in [0.1, 0.15) is 11.5 Å². The van der Waals surface area contributed by atoms with E-state index < -0.39 is 0 Å². The van der Waals surface area contributed by atoms with E-state index in [0.29, 0.717) is 0 Å². The van der Waals surface area contributed by atoms with Crippen LogP contribution in [-0.4, -0.2) is 24.1 Å². The van der Waals surface area contributed by atoms with E-state index in [4.69, 9.17) is 15.0 Å². The number of hydrogen-bond donors (Lipinski definition) is 0. The summed E-state index contributed by atoms with van der Waals surface area (Å²) in [5.74, 6) is 0.823. The lowest BCUT2D eigenvalue weighted by atomic mass is 10.0. The topological polar surface area (TPSA) is 48.5 Å². The number of benzene rings is 4. The van der Waals surface area contributed by atoms with Gasteiger partial charge < -0.3 is 4.57 Å². The smallest absolute Gasteiger partial charge is 0.148 e. The van der Waals surface area contributed by atoms with E-state index in [1.54, 1.807) is 0 Å². The van der Waals surface area contributed by atoms with Crippen molar-refractivity contribution in [1.29, 1.82) is 0 Å². The Morgan fingerprint density at radius 2 is 1.18 bits per heavy atom. The molecular formula is C39H25N5. The second-order valence-corrected chi connectivity index (χ2v) is 10.9. The standard InChI is InChI=1S/C39H25N5/c1-4-13-26(14-5-1)28-23-32(27-15-6-2-7-16-27)42-35(24-28)44-33-20-11-10-19-30(33)36-38-31(25-41-39(36)44)37-34(21-12-22-40-37)43(38)29-17-8-3-9-18-29/h1-25H. The third-order valence-corrected chi connectivity index (χ3v) is 8.40.